The monoisotopic (exact) mass is 421 g/mol. The summed E-state index contributed by atoms with van der Waals surface area (Å²) in [6, 6.07) is 3.74. The Bertz CT molecular complexity index is 723. The Balaban J connectivity index is 0.00000243. The van der Waals surface area contributed by atoms with Crippen molar-refractivity contribution in [2.45, 2.75) is 42.9 Å². The number of halogens is 1. The number of piperidine rings is 1. The molecule has 3 heterocycles. The van der Waals surface area contributed by atoms with Crippen molar-refractivity contribution in [2.24, 2.45) is 5.92 Å². The first kappa shape index (κ1) is 21.6. The van der Waals surface area contributed by atoms with E-state index in [9.17, 15) is 13.2 Å². The van der Waals surface area contributed by atoms with Crippen LogP contribution in [0, 0.1) is 12.8 Å². The molecule has 1 aromatic rings. The number of aryl methyl sites for hydroxylation is 1. The molecule has 2 aliphatic rings. The molecule has 1 amide bonds. The van der Waals surface area contributed by atoms with Gasteiger partial charge >= 0.3 is 0 Å². The van der Waals surface area contributed by atoms with Crippen LogP contribution in [-0.2, 0) is 14.8 Å². The minimum absolute atomic E-state index is 0. The second-order valence-electron chi connectivity index (χ2n) is 6.95. The summed E-state index contributed by atoms with van der Waals surface area (Å²) < 4.78 is 27.6. The molecule has 2 fully saturated rings. The highest BCUT2D eigenvalue weighted by Gasteiger charge is 2.38. The number of hydrogen-bond donors (Lipinski definition) is 1. The average molecular weight is 422 g/mol. The lowest BCUT2D eigenvalue weighted by atomic mass is 9.97. The summed E-state index contributed by atoms with van der Waals surface area (Å²) in [5, 5.41) is 3.16. The van der Waals surface area contributed by atoms with Crippen LogP contribution in [-0.4, -0.2) is 62.8 Å². The van der Waals surface area contributed by atoms with Gasteiger partial charge in [-0.15, -0.1) is 23.7 Å². The van der Waals surface area contributed by atoms with Gasteiger partial charge in [0.05, 0.1) is 5.92 Å². The highest BCUT2D eigenvalue weighted by molar-refractivity contribution is 7.91. The maximum absolute atomic E-state index is 13.0. The van der Waals surface area contributed by atoms with Gasteiger partial charge in [-0.3, -0.25) is 4.79 Å². The first-order valence-corrected chi connectivity index (χ1v) is 11.2. The number of likely N-dealkylation sites (N-methyl/N-ethyl adjacent to an activating group) is 1. The van der Waals surface area contributed by atoms with Gasteiger partial charge < -0.3 is 10.2 Å². The molecule has 6 nitrogen and oxygen atoms in total. The Kier molecular flexibility index (Phi) is 7.50. The van der Waals surface area contributed by atoms with E-state index < -0.39 is 10.0 Å². The molecular formula is C17H28ClN3O3S2. The normalized spacial score (nSPS) is 24.5. The van der Waals surface area contributed by atoms with Gasteiger partial charge in [0.15, 0.2) is 0 Å². The molecule has 3 rings (SSSR count). The van der Waals surface area contributed by atoms with Crippen LogP contribution in [0.5, 0.6) is 0 Å². The Morgan fingerprint density at radius 2 is 2.00 bits per heavy atom. The van der Waals surface area contributed by atoms with Crippen molar-refractivity contribution in [3.8, 4) is 0 Å². The number of carbonyl (C=O) groups excluding carboxylic acids is 1. The highest BCUT2D eigenvalue weighted by Crippen LogP contribution is 2.30. The fraction of sp³-hybridized carbons (Fsp3) is 0.706. The fourth-order valence-electron chi connectivity index (χ4n) is 3.85. The van der Waals surface area contributed by atoms with E-state index in [2.05, 4.69) is 5.32 Å². The van der Waals surface area contributed by atoms with Gasteiger partial charge in [0.2, 0.25) is 5.91 Å². The van der Waals surface area contributed by atoms with Crippen LogP contribution < -0.4 is 5.32 Å². The van der Waals surface area contributed by atoms with Gasteiger partial charge in [0.25, 0.3) is 10.0 Å². The summed E-state index contributed by atoms with van der Waals surface area (Å²) in [6.45, 7) is 4.30. The molecule has 2 unspecified atom stereocenters. The molecule has 26 heavy (non-hydrogen) atoms. The Labute approximate surface area is 166 Å². The SMILES string of the molecule is CNCC1CCCN1C(=O)C1CCCN(S(=O)(=O)c2ccc(C)s2)C1.Cl. The van der Waals surface area contributed by atoms with E-state index in [1.54, 1.807) is 6.07 Å². The average Bonchev–Trinajstić information content (AvgIpc) is 3.24. The number of amides is 1. The van der Waals surface area contributed by atoms with E-state index in [0.717, 1.165) is 43.6 Å². The molecule has 1 N–H and O–H groups in total. The third-order valence-corrected chi connectivity index (χ3v) is 8.48. The van der Waals surface area contributed by atoms with Crippen molar-refractivity contribution >= 4 is 39.7 Å². The molecule has 0 saturated carbocycles. The lowest BCUT2D eigenvalue weighted by Crippen LogP contribution is -2.49. The van der Waals surface area contributed by atoms with Crippen LogP contribution in [0.1, 0.15) is 30.6 Å². The zero-order chi connectivity index (χ0) is 18.0. The predicted octanol–water partition coefficient (Wildman–Crippen LogP) is 2.09. The molecule has 2 aliphatic heterocycles. The van der Waals surface area contributed by atoms with Crippen molar-refractivity contribution in [3.63, 3.8) is 0 Å². The molecule has 2 saturated heterocycles. The minimum atomic E-state index is -3.49. The highest BCUT2D eigenvalue weighted by atomic mass is 35.5. The number of carbonyl (C=O) groups is 1. The number of nitrogens with zero attached hydrogens (tertiary/aromatic N) is 2. The van der Waals surface area contributed by atoms with Crippen molar-refractivity contribution in [1.29, 1.82) is 0 Å². The summed E-state index contributed by atoms with van der Waals surface area (Å²) in [5.74, 6) is -0.0953. The lowest BCUT2D eigenvalue weighted by molar-refractivity contribution is -0.137. The number of thiophene rings is 1. The number of hydrogen-bond acceptors (Lipinski definition) is 5. The van der Waals surface area contributed by atoms with Crippen molar-refractivity contribution < 1.29 is 13.2 Å². The topological polar surface area (TPSA) is 69.7 Å². The second kappa shape index (κ2) is 9.01. The third kappa shape index (κ3) is 4.42. The number of likely N-dealkylation sites (tertiary alicyclic amines) is 1. The molecule has 148 valence electrons. The Morgan fingerprint density at radius 1 is 1.27 bits per heavy atom. The zero-order valence-electron chi connectivity index (χ0n) is 15.3. The van der Waals surface area contributed by atoms with Crippen molar-refractivity contribution in [1.82, 2.24) is 14.5 Å². The summed E-state index contributed by atoms with van der Waals surface area (Å²) >= 11 is 1.30. The van der Waals surface area contributed by atoms with Gasteiger partial charge in [-0.25, -0.2) is 8.42 Å². The largest absolute Gasteiger partial charge is 0.338 e. The van der Waals surface area contributed by atoms with Crippen molar-refractivity contribution in [3.05, 3.63) is 17.0 Å². The summed E-state index contributed by atoms with van der Waals surface area (Å²) in [5.41, 5.74) is 0. The predicted molar refractivity (Wildman–Crippen MR) is 106 cm³/mol. The van der Waals surface area contributed by atoms with E-state index in [4.69, 9.17) is 0 Å². The Morgan fingerprint density at radius 3 is 2.65 bits per heavy atom. The lowest BCUT2D eigenvalue weighted by Gasteiger charge is -2.34. The molecular weight excluding hydrogens is 394 g/mol. The van der Waals surface area contributed by atoms with Crippen LogP contribution in [0.4, 0.5) is 0 Å². The summed E-state index contributed by atoms with van der Waals surface area (Å²) in [6.07, 6.45) is 3.57. The quantitative estimate of drug-likeness (QED) is 0.790. The van der Waals surface area contributed by atoms with Crippen LogP contribution in [0.2, 0.25) is 0 Å². The second-order valence-corrected chi connectivity index (χ2v) is 10.4. The van der Waals surface area contributed by atoms with Crippen molar-refractivity contribution in [2.75, 3.05) is 33.2 Å². The fourth-order valence-corrected chi connectivity index (χ4v) is 6.81. The van der Waals surface area contributed by atoms with E-state index >= 15 is 0 Å². The number of rotatable bonds is 5. The summed E-state index contributed by atoms with van der Waals surface area (Å²) in [7, 11) is -1.58. The molecule has 9 heteroatoms. The summed E-state index contributed by atoms with van der Waals surface area (Å²) in [4.78, 5) is 15.9. The molecule has 0 spiro atoms. The molecule has 2 atom stereocenters. The van der Waals surface area contributed by atoms with Gasteiger partial charge in [0.1, 0.15) is 4.21 Å². The number of sulfonamides is 1. The van der Waals surface area contributed by atoms with E-state index in [1.807, 2.05) is 24.9 Å². The smallest absolute Gasteiger partial charge is 0.252 e. The third-order valence-electron chi connectivity index (χ3n) is 5.14. The standard InChI is InChI=1S/C17H27N3O3S2.ClH/c1-13-7-8-16(24-13)25(22,23)19-9-3-5-14(12-19)17(21)20-10-4-6-15(20)11-18-2;/h7-8,14-15,18H,3-6,9-12H2,1-2H3;1H. The maximum Gasteiger partial charge on any atom is 0.252 e. The molecule has 0 bridgehead atoms. The van der Waals surface area contributed by atoms with Gasteiger partial charge in [0, 0.05) is 37.1 Å². The molecule has 0 aliphatic carbocycles. The molecule has 0 radical (unpaired) electrons. The minimum Gasteiger partial charge on any atom is -0.338 e. The van der Waals surface area contributed by atoms with Crippen LogP contribution in [0.15, 0.2) is 16.3 Å². The first-order chi connectivity index (χ1) is 11.9. The van der Waals surface area contributed by atoms with E-state index in [1.165, 1.54) is 15.6 Å². The maximum atomic E-state index is 13.0. The number of nitrogens with one attached hydrogen (secondary N) is 1. The van der Waals surface area contributed by atoms with Crippen LogP contribution in [0.25, 0.3) is 0 Å². The van der Waals surface area contributed by atoms with E-state index in [-0.39, 0.29) is 30.3 Å². The van der Waals surface area contributed by atoms with Gasteiger partial charge in [-0.1, -0.05) is 0 Å². The Hall–Kier alpha value is -0.670. The first-order valence-electron chi connectivity index (χ1n) is 8.95. The van der Waals surface area contributed by atoms with Crippen LogP contribution in [0.3, 0.4) is 0 Å². The van der Waals surface area contributed by atoms with Crippen LogP contribution >= 0.6 is 23.7 Å². The van der Waals surface area contributed by atoms with Gasteiger partial charge in [-0.05, 0) is 51.8 Å². The van der Waals surface area contributed by atoms with Gasteiger partial charge in [-0.2, -0.15) is 4.31 Å². The van der Waals surface area contributed by atoms with E-state index in [0.29, 0.717) is 17.3 Å². The molecule has 0 aromatic carbocycles. The molecule has 1 aromatic heterocycles. The zero-order valence-corrected chi connectivity index (χ0v) is 17.8.